The number of nitrogens with zero attached hydrogens (tertiary/aromatic N) is 1. The third-order valence-electron chi connectivity index (χ3n) is 9.26. The predicted molar refractivity (Wildman–Crippen MR) is 195 cm³/mol. The summed E-state index contributed by atoms with van der Waals surface area (Å²) < 4.78 is 0. The van der Waals surface area contributed by atoms with Crippen LogP contribution >= 0.6 is 0 Å². The van der Waals surface area contributed by atoms with E-state index in [1.807, 2.05) is 18.5 Å². The van der Waals surface area contributed by atoms with Crippen molar-refractivity contribution in [2.75, 3.05) is 25.0 Å². The molecule has 46 heavy (non-hydrogen) atoms. The number of dihydropyridines is 1. The number of nitrogens with one attached hydrogen (secondary N) is 2. The van der Waals surface area contributed by atoms with Crippen LogP contribution in [0.4, 0.5) is 5.69 Å². The van der Waals surface area contributed by atoms with Gasteiger partial charge in [0, 0.05) is 42.4 Å². The second kappa shape index (κ2) is 15.6. The number of unbranched alkanes of at least 4 members (excludes halogenated alkanes) is 1. The van der Waals surface area contributed by atoms with Crippen LogP contribution in [-0.2, 0) is 0 Å². The molecule has 0 bridgehead atoms. The normalized spacial score (nSPS) is 16.9. The van der Waals surface area contributed by atoms with Gasteiger partial charge in [-0.25, -0.2) is 0 Å². The molecule has 0 unspecified atom stereocenters. The first kappa shape index (κ1) is 31.3. The summed E-state index contributed by atoms with van der Waals surface area (Å²) in [5.74, 6) is 0. The molecule has 0 atom stereocenters. The van der Waals surface area contributed by atoms with E-state index in [2.05, 4.69) is 120 Å². The van der Waals surface area contributed by atoms with Gasteiger partial charge < -0.3 is 16.4 Å². The molecule has 3 aliphatic rings. The van der Waals surface area contributed by atoms with Crippen LogP contribution in [0.2, 0.25) is 0 Å². The van der Waals surface area contributed by atoms with Gasteiger partial charge in [0.1, 0.15) is 0 Å². The highest BCUT2D eigenvalue weighted by molar-refractivity contribution is 5.75. The molecule has 0 fully saturated rings. The molecular weight excluding hydrogens is 560 g/mol. The molecule has 234 valence electrons. The fraction of sp³-hybridized carbons (Fsp3) is 0.262. The lowest BCUT2D eigenvalue weighted by molar-refractivity contribution is 0.740. The van der Waals surface area contributed by atoms with Gasteiger partial charge in [-0.3, -0.25) is 4.98 Å². The van der Waals surface area contributed by atoms with Crippen LogP contribution in [-0.4, -0.2) is 24.6 Å². The predicted octanol–water partition coefficient (Wildman–Crippen LogP) is 7.51. The van der Waals surface area contributed by atoms with Crippen LogP contribution in [0, 0.1) is 0 Å². The van der Waals surface area contributed by atoms with E-state index in [1.54, 1.807) is 0 Å². The van der Waals surface area contributed by atoms with Crippen LogP contribution in [0.3, 0.4) is 0 Å². The van der Waals surface area contributed by atoms with Gasteiger partial charge in [-0.15, -0.1) is 0 Å². The van der Waals surface area contributed by atoms with Crippen LogP contribution in [0.25, 0.3) is 16.8 Å². The number of rotatable bonds is 12. The molecule has 6 rings (SSSR count). The fourth-order valence-corrected chi connectivity index (χ4v) is 6.72. The molecule has 2 heterocycles. The smallest absolute Gasteiger partial charge is 0.0432 e. The molecule has 4 heteroatoms. The largest absolute Gasteiger partial charge is 0.381 e. The molecule has 0 spiro atoms. The van der Waals surface area contributed by atoms with Crippen molar-refractivity contribution < 1.29 is 0 Å². The molecule has 4 N–H and O–H groups in total. The average molecular weight is 607 g/mol. The maximum absolute atomic E-state index is 5.76. The summed E-state index contributed by atoms with van der Waals surface area (Å²) in [6.07, 6.45) is 25.5. The highest BCUT2D eigenvalue weighted by Gasteiger charge is 2.17. The molecule has 2 aromatic carbocycles. The van der Waals surface area contributed by atoms with Crippen molar-refractivity contribution in [3.63, 3.8) is 0 Å². The molecule has 3 aromatic rings. The molecule has 0 radical (unpaired) electrons. The number of nitrogens with two attached hydrogens (primary N) is 1. The van der Waals surface area contributed by atoms with Crippen molar-refractivity contribution in [2.45, 2.75) is 51.9 Å². The third-order valence-corrected chi connectivity index (χ3v) is 9.26. The van der Waals surface area contributed by atoms with Crippen molar-refractivity contribution >= 4 is 22.5 Å². The number of anilines is 1. The quantitative estimate of drug-likeness (QED) is 0.148. The Morgan fingerprint density at radius 2 is 1.76 bits per heavy atom. The summed E-state index contributed by atoms with van der Waals surface area (Å²) in [5.41, 5.74) is 19.0. The van der Waals surface area contributed by atoms with Crippen LogP contribution in [0.15, 0.2) is 143 Å². The fourth-order valence-electron chi connectivity index (χ4n) is 6.72. The maximum atomic E-state index is 5.76. The Bertz CT molecular complexity index is 1840. The van der Waals surface area contributed by atoms with Crippen LogP contribution in [0.5, 0.6) is 0 Å². The van der Waals surface area contributed by atoms with E-state index in [0.717, 1.165) is 75.1 Å². The Hall–Kier alpha value is -4.67. The Morgan fingerprint density at radius 1 is 0.913 bits per heavy atom. The van der Waals surface area contributed by atoms with Crippen molar-refractivity contribution in [2.24, 2.45) is 5.73 Å². The Labute approximate surface area is 274 Å². The van der Waals surface area contributed by atoms with Gasteiger partial charge in [0.25, 0.3) is 0 Å². The van der Waals surface area contributed by atoms with Crippen LogP contribution in [0.1, 0.15) is 57.4 Å². The summed E-state index contributed by atoms with van der Waals surface area (Å²) in [6.45, 7) is 4.57. The number of hydrogen-bond acceptors (Lipinski definition) is 4. The molecule has 0 saturated carbocycles. The number of aromatic nitrogens is 1. The van der Waals surface area contributed by atoms with Gasteiger partial charge in [-0.1, -0.05) is 78.4 Å². The van der Waals surface area contributed by atoms with Gasteiger partial charge in [-0.2, -0.15) is 0 Å². The molecule has 1 aliphatic heterocycles. The van der Waals surface area contributed by atoms with E-state index < -0.39 is 0 Å². The zero-order valence-electron chi connectivity index (χ0n) is 27.1. The number of hydrogen-bond donors (Lipinski definition) is 3. The molecule has 4 nitrogen and oxygen atoms in total. The minimum Gasteiger partial charge on any atom is -0.381 e. The lowest BCUT2D eigenvalue weighted by Gasteiger charge is -2.22. The Kier molecular flexibility index (Phi) is 10.6. The average Bonchev–Trinajstić information content (AvgIpc) is 3.12. The number of para-hydroxylation sites is 1. The molecular formula is C42H46N4. The zero-order valence-corrected chi connectivity index (χ0v) is 27.1. The third kappa shape index (κ3) is 7.75. The van der Waals surface area contributed by atoms with E-state index in [9.17, 15) is 0 Å². The summed E-state index contributed by atoms with van der Waals surface area (Å²) in [6, 6.07) is 23.6. The summed E-state index contributed by atoms with van der Waals surface area (Å²) in [4.78, 5) is 4.29. The van der Waals surface area contributed by atoms with Crippen molar-refractivity contribution in [1.82, 2.24) is 10.3 Å². The van der Waals surface area contributed by atoms with Gasteiger partial charge >= 0.3 is 0 Å². The SMILES string of the molecule is C/C(=C\C=C(/CNc1ccccc1)C1=CC=C(c2cccnc2)NC1)C1=c2ccccc2=C(C2=CC(CCCCN)=CCC2)CC1. The van der Waals surface area contributed by atoms with Crippen LogP contribution < -0.4 is 26.8 Å². The summed E-state index contributed by atoms with van der Waals surface area (Å²) >= 11 is 0. The molecule has 2 aliphatic carbocycles. The van der Waals surface area contributed by atoms with Gasteiger partial charge in [-0.05, 0) is 133 Å². The first-order chi connectivity index (χ1) is 22.7. The zero-order chi connectivity index (χ0) is 31.6. The second-order valence-electron chi connectivity index (χ2n) is 12.4. The van der Waals surface area contributed by atoms with Gasteiger partial charge in [0.05, 0.1) is 0 Å². The Balaban J connectivity index is 1.32. The number of benzene rings is 2. The molecule has 1 aromatic heterocycles. The lowest BCUT2D eigenvalue weighted by Crippen LogP contribution is -2.33. The summed E-state index contributed by atoms with van der Waals surface area (Å²) in [5, 5.41) is 10.1. The van der Waals surface area contributed by atoms with E-state index in [1.165, 1.54) is 55.9 Å². The van der Waals surface area contributed by atoms with E-state index in [-0.39, 0.29) is 0 Å². The first-order valence-electron chi connectivity index (χ1n) is 16.8. The lowest BCUT2D eigenvalue weighted by atomic mass is 9.83. The Morgan fingerprint density at radius 3 is 2.54 bits per heavy atom. The topological polar surface area (TPSA) is 63.0 Å². The number of allylic oxidation sites excluding steroid dienone is 9. The van der Waals surface area contributed by atoms with Crippen molar-refractivity contribution in [3.05, 3.63) is 159 Å². The van der Waals surface area contributed by atoms with Gasteiger partial charge in [0.15, 0.2) is 0 Å². The van der Waals surface area contributed by atoms with Crippen molar-refractivity contribution in [1.29, 1.82) is 0 Å². The maximum Gasteiger partial charge on any atom is 0.0432 e. The van der Waals surface area contributed by atoms with E-state index in [4.69, 9.17) is 5.73 Å². The minimum atomic E-state index is 0.747. The minimum absolute atomic E-state index is 0.747. The first-order valence-corrected chi connectivity index (χ1v) is 16.8. The van der Waals surface area contributed by atoms with Crippen molar-refractivity contribution in [3.8, 4) is 0 Å². The highest BCUT2D eigenvalue weighted by Crippen LogP contribution is 2.32. The molecule has 0 amide bonds. The standard InChI is InChI=1S/C42H46N4/c1-31(38-22-23-39(41-18-6-5-17-40(38)41)33-13-9-12-32(27-33)11-7-8-25-43)19-20-34(29-45-37-15-3-2-4-16-37)35-21-24-42(46-30-35)36-14-10-26-44-28-36/h2-6,10,12,14-21,24,26-28,45-46H,7-9,11,13,22-23,25,29-30,43H2,1H3/b31-19+,34-20+. The second-order valence-corrected chi connectivity index (χ2v) is 12.4. The van der Waals surface area contributed by atoms with E-state index in [0.29, 0.717) is 0 Å². The summed E-state index contributed by atoms with van der Waals surface area (Å²) in [7, 11) is 0. The highest BCUT2D eigenvalue weighted by atomic mass is 14.9. The monoisotopic (exact) mass is 606 g/mol. The van der Waals surface area contributed by atoms with Gasteiger partial charge in [0.2, 0.25) is 0 Å². The molecule has 0 saturated heterocycles. The number of pyridine rings is 1. The van der Waals surface area contributed by atoms with E-state index >= 15 is 0 Å². The number of fused-ring (bicyclic) bond motifs is 1.